The molecule has 1 aliphatic rings. The fourth-order valence-electron chi connectivity index (χ4n) is 3.93. The number of hydrogen-bond donors (Lipinski definition) is 1. The minimum atomic E-state index is -4.60. The van der Waals surface area contributed by atoms with Gasteiger partial charge in [-0.2, -0.15) is 13.2 Å². The average Bonchev–Trinajstić information content (AvgIpc) is 2.86. The van der Waals surface area contributed by atoms with Crippen LogP contribution in [0.5, 0.6) is 5.75 Å². The van der Waals surface area contributed by atoms with Gasteiger partial charge in [0.1, 0.15) is 11.9 Å². The summed E-state index contributed by atoms with van der Waals surface area (Å²) in [6.07, 6.45) is -5.63. The third-order valence-corrected chi connectivity index (χ3v) is 5.83. The second kappa shape index (κ2) is 7.12. The van der Waals surface area contributed by atoms with Crippen molar-refractivity contribution in [1.82, 2.24) is 4.98 Å². The van der Waals surface area contributed by atoms with Crippen LogP contribution in [-0.2, 0) is 4.74 Å². The van der Waals surface area contributed by atoms with Gasteiger partial charge in [-0.3, -0.25) is 4.79 Å². The molecule has 0 radical (unpaired) electrons. The van der Waals surface area contributed by atoms with Crippen molar-refractivity contribution in [2.75, 3.05) is 7.11 Å². The number of aromatic nitrogens is 1. The normalized spacial score (nSPS) is 27.8. The Morgan fingerprint density at radius 2 is 1.96 bits per heavy atom. The Bertz CT molecular complexity index is 943. The van der Waals surface area contributed by atoms with E-state index in [9.17, 15) is 18.0 Å². The summed E-state index contributed by atoms with van der Waals surface area (Å²) in [5.74, 6) is -1.40. The lowest BCUT2D eigenvalue weighted by molar-refractivity contribution is -0.275. The number of hydrogen-bond acceptors (Lipinski definition) is 3. The SMILES string of the molecule is COc1c(Cl)cccc1[C@H]1[C@H](c2cc(=O)cc(C)[nH]2)O[C@@](C)(C(F)(F)F)[C@H]1C. The lowest BCUT2D eigenvalue weighted by atomic mass is 9.76. The first-order valence-corrected chi connectivity index (χ1v) is 9.15. The van der Waals surface area contributed by atoms with Crippen molar-refractivity contribution in [3.63, 3.8) is 0 Å². The number of pyridine rings is 1. The van der Waals surface area contributed by atoms with Crippen molar-refractivity contribution < 1.29 is 22.6 Å². The summed E-state index contributed by atoms with van der Waals surface area (Å²) in [5.41, 5.74) is -1.38. The van der Waals surface area contributed by atoms with Gasteiger partial charge >= 0.3 is 6.18 Å². The molecule has 1 N–H and O–H groups in total. The van der Waals surface area contributed by atoms with Crippen molar-refractivity contribution in [2.45, 2.75) is 44.6 Å². The predicted octanol–water partition coefficient (Wildman–Crippen LogP) is 5.16. The number of para-hydroxylation sites is 1. The molecule has 0 unspecified atom stereocenters. The van der Waals surface area contributed by atoms with Gasteiger partial charge in [0, 0.05) is 40.9 Å². The Morgan fingerprint density at radius 3 is 2.54 bits per heavy atom. The topological polar surface area (TPSA) is 51.3 Å². The second-order valence-electron chi connectivity index (χ2n) is 7.27. The van der Waals surface area contributed by atoms with Crippen molar-refractivity contribution in [2.24, 2.45) is 5.92 Å². The molecule has 0 spiro atoms. The van der Waals surface area contributed by atoms with Crippen molar-refractivity contribution >= 4 is 11.6 Å². The maximum absolute atomic E-state index is 13.9. The highest BCUT2D eigenvalue weighted by atomic mass is 35.5. The first kappa shape index (κ1) is 20.7. The third-order valence-electron chi connectivity index (χ3n) is 5.53. The number of aryl methyl sites for hydroxylation is 1. The molecule has 152 valence electrons. The van der Waals surface area contributed by atoms with Gasteiger partial charge in [0.05, 0.1) is 12.1 Å². The monoisotopic (exact) mass is 415 g/mol. The minimum absolute atomic E-state index is 0.289. The fraction of sp³-hybridized carbons (Fsp3) is 0.450. The van der Waals surface area contributed by atoms with E-state index in [-0.39, 0.29) is 11.1 Å². The summed E-state index contributed by atoms with van der Waals surface area (Å²) >= 11 is 6.21. The van der Waals surface area contributed by atoms with Gasteiger partial charge in [-0.25, -0.2) is 0 Å². The molecular formula is C20H21ClF3NO3. The molecule has 0 bridgehead atoms. The van der Waals surface area contributed by atoms with Gasteiger partial charge < -0.3 is 14.5 Å². The van der Waals surface area contributed by atoms with Gasteiger partial charge in [0.25, 0.3) is 0 Å². The molecule has 2 heterocycles. The Morgan fingerprint density at radius 1 is 1.29 bits per heavy atom. The smallest absolute Gasteiger partial charge is 0.417 e. The van der Waals surface area contributed by atoms with Crippen LogP contribution < -0.4 is 10.2 Å². The largest absolute Gasteiger partial charge is 0.495 e. The van der Waals surface area contributed by atoms with Crippen molar-refractivity contribution in [1.29, 1.82) is 0 Å². The van der Waals surface area contributed by atoms with E-state index in [1.807, 2.05) is 0 Å². The van der Waals surface area contributed by atoms with Crippen molar-refractivity contribution in [3.05, 3.63) is 62.5 Å². The summed E-state index contributed by atoms with van der Waals surface area (Å²) in [6, 6.07) is 7.59. The molecule has 1 aliphatic heterocycles. The van der Waals surface area contributed by atoms with Gasteiger partial charge in [-0.1, -0.05) is 30.7 Å². The summed E-state index contributed by atoms with van der Waals surface area (Å²) in [6.45, 7) is 4.20. The quantitative estimate of drug-likeness (QED) is 0.753. The highest BCUT2D eigenvalue weighted by Gasteiger charge is 2.64. The van der Waals surface area contributed by atoms with Gasteiger partial charge in [-0.15, -0.1) is 0 Å². The second-order valence-corrected chi connectivity index (χ2v) is 7.68. The van der Waals surface area contributed by atoms with Crippen LogP contribution in [0.25, 0.3) is 0 Å². The highest BCUT2D eigenvalue weighted by Crippen LogP contribution is 2.59. The average molecular weight is 416 g/mol. The maximum Gasteiger partial charge on any atom is 0.417 e. The number of alkyl halides is 3. The molecule has 1 aromatic heterocycles. The van der Waals surface area contributed by atoms with E-state index in [2.05, 4.69) is 4.98 Å². The number of ether oxygens (including phenoxy) is 2. The molecule has 1 saturated heterocycles. The highest BCUT2D eigenvalue weighted by molar-refractivity contribution is 6.32. The summed E-state index contributed by atoms with van der Waals surface area (Å²) in [7, 11) is 1.41. The van der Waals surface area contributed by atoms with Crippen LogP contribution in [0.4, 0.5) is 13.2 Å². The van der Waals surface area contributed by atoms with Crippen LogP contribution in [0.2, 0.25) is 5.02 Å². The number of halogens is 4. The maximum atomic E-state index is 13.9. The molecule has 4 nitrogen and oxygen atoms in total. The summed E-state index contributed by atoms with van der Waals surface area (Å²) < 4.78 is 52.8. The van der Waals surface area contributed by atoms with Gasteiger partial charge in [0.2, 0.25) is 0 Å². The molecule has 0 saturated carbocycles. The van der Waals surface area contributed by atoms with E-state index in [4.69, 9.17) is 21.1 Å². The molecule has 2 aromatic rings. The molecule has 0 amide bonds. The first-order chi connectivity index (χ1) is 13.0. The molecule has 4 atom stereocenters. The van der Waals surface area contributed by atoms with E-state index in [1.165, 1.54) is 26.2 Å². The first-order valence-electron chi connectivity index (χ1n) is 8.77. The van der Waals surface area contributed by atoms with E-state index in [0.717, 1.165) is 6.92 Å². The Labute approximate surface area is 165 Å². The van der Waals surface area contributed by atoms with Gasteiger partial charge in [0.15, 0.2) is 11.0 Å². The predicted molar refractivity (Wildman–Crippen MR) is 100.0 cm³/mol. The number of H-pyrrole nitrogens is 1. The third kappa shape index (κ3) is 3.31. The molecule has 1 aromatic carbocycles. The van der Waals surface area contributed by atoms with E-state index < -0.39 is 29.7 Å². The van der Waals surface area contributed by atoms with Crippen LogP contribution in [0.15, 0.2) is 35.1 Å². The number of nitrogens with one attached hydrogen (secondary N) is 1. The van der Waals surface area contributed by atoms with Crippen LogP contribution in [0.1, 0.15) is 42.8 Å². The summed E-state index contributed by atoms with van der Waals surface area (Å²) in [4.78, 5) is 15.0. The van der Waals surface area contributed by atoms with Crippen molar-refractivity contribution in [3.8, 4) is 5.75 Å². The van der Waals surface area contributed by atoms with E-state index in [1.54, 1.807) is 25.1 Å². The van der Waals surface area contributed by atoms with Crippen LogP contribution in [-0.4, -0.2) is 23.9 Å². The Hall–Kier alpha value is -1.99. The summed E-state index contributed by atoms with van der Waals surface area (Å²) in [5, 5.41) is 0.296. The van der Waals surface area contributed by atoms with Crippen LogP contribution >= 0.6 is 11.6 Å². The minimum Gasteiger partial charge on any atom is -0.495 e. The lowest BCUT2D eigenvalue weighted by Crippen LogP contribution is -2.46. The molecule has 8 heteroatoms. The number of methoxy groups -OCH3 is 1. The lowest BCUT2D eigenvalue weighted by Gasteiger charge is -2.32. The van der Waals surface area contributed by atoms with Crippen LogP contribution in [0, 0.1) is 12.8 Å². The molecule has 0 aliphatic carbocycles. The molecule has 1 fully saturated rings. The van der Waals surface area contributed by atoms with E-state index >= 15 is 0 Å². The Balaban J connectivity index is 2.23. The fourth-order valence-corrected chi connectivity index (χ4v) is 4.19. The molecular weight excluding hydrogens is 395 g/mol. The van der Waals surface area contributed by atoms with E-state index in [0.29, 0.717) is 22.0 Å². The number of benzene rings is 1. The molecule has 3 rings (SSSR count). The standard InChI is InChI=1S/C20H21ClF3NO3/c1-10-8-12(26)9-15(25-10)18-16(11(2)19(3,28-18)20(22,23)24)13-6-5-7-14(21)17(13)27-4/h5-9,11,16,18H,1-4H3,(H,25,26)/t11-,16-,18-,19+/m0/s1. The van der Waals surface area contributed by atoms with Gasteiger partial charge in [-0.05, 0) is 19.9 Å². The zero-order valence-electron chi connectivity index (χ0n) is 15.9. The molecule has 28 heavy (non-hydrogen) atoms. The number of rotatable bonds is 3. The van der Waals surface area contributed by atoms with Crippen LogP contribution in [0.3, 0.4) is 0 Å². The number of aromatic amines is 1. The zero-order valence-corrected chi connectivity index (χ0v) is 16.6. The Kier molecular flexibility index (Phi) is 5.27. The zero-order chi connectivity index (χ0) is 20.9.